The number of nitrogens with one attached hydrogen (secondary N) is 1. The number of anilines is 1. The topological polar surface area (TPSA) is 55.1 Å². The third-order valence-electron chi connectivity index (χ3n) is 3.66. The summed E-state index contributed by atoms with van der Waals surface area (Å²) in [7, 11) is 0. The molecule has 1 aliphatic carbocycles. The molecule has 0 aromatic heterocycles. The van der Waals surface area contributed by atoms with Crippen LogP contribution in [0.15, 0.2) is 18.2 Å². The van der Waals surface area contributed by atoms with Gasteiger partial charge in [0, 0.05) is 12.2 Å². The molecular weight excluding hydrogens is 224 g/mol. The van der Waals surface area contributed by atoms with Crippen molar-refractivity contribution in [2.75, 3.05) is 11.9 Å². The van der Waals surface area contributed by atoms with Gasteiger partial charge in [-0.25, -0.2) is 0 Å². The summed E-state index contributed by atoms with van der Waals surface area (Å²) in [6, 6.07) is 6.25. The fraction of sp³-hybridized carbons (Fsp3) is 0.533. The Morgan fingerprint density at radius 2 is 2.17 bits per heavy atom. The summed E-state index contributed by atoms with van der Waals surface area (Å²) in [5.41, 5.74) is 9.36. The van der Waals surface area contributed by atoms with E-state index >= 15 is 0 Å². The van der Waals surface area contributed by atoms with E-state index in [0.29, 0.717) is 6.54 Å². The first-order chi connectivity index (χ1) is 8.74. The first kappa shape index (κ1) is 13.1. The van der Waals surface area contributed by atoms with Crippen LogP contribution in [0.3, 0.4) is 0 Å². The highest BCUT2D eigenvalue weighted by molar-refractivity contribution is 5.92. The molecule has 2 rings (SSSR count). The third-order valence-corrected chi connectivity index (χ3v) is 3.66. The molecular formula is C15H22N2O. The first-order valence-electron chi connectivity index (χ1n) is 6.87. The molecule has 3 heteroatoms. The molecule has 1 unspecified atom stereocenters. The Bertz CT molecular complexity index is 429. The Morgan fingerprint density at radius 1 is 1.39 bits per heavy atom. The Kier molecular flexibility index (Phi) is 4.37. The minimum atomic E-state index is -0.0664. The number of rotatable bonds is 5. The van der Waals surface area contributed by atoms with Crippen LogP contribution in [0.25, 0.3) is 0 Å². The number of nitrogens with two attached hydrogens (primary N) is 1. The summed E-state index contributed by atoms with van der Waals surface area (Å²) in [6.07, 6.45) is 5.37. The summed E-state index contributed by atoms with van der Waals surface area (Å²) in [5, 5.41) is 2.99. The molecule has 0 bridgehead atoms. The van der Waals surface area contributed by atoms with Gasteiger partial charge in [0.1, 0.15) is 0 Å². The summed E-state index contributed by atoms with van der Waals surface area (Å²) < 4.78 is 0. The van der Waals surface area contributed by atoms with Crippen LogP contribution in [0.4, 0.5) is 5.69 Å². The van der Waals surface area contributed by atoms with Gasteiger partial charge < -0.3 is 11.1 Å². The number of carbonyl (C=O) groups excluding carboxylic acids is 1. The highest BCUT2D eigenvalue weighted by Crippen LogP contribution is 2.25. The maximum Gasteiger partial charge on any atom is 0.228 e. The zero-order chi connectivity index (χ0) is 13.0. The Morgan fingerprint density at radius 3 is 2.89 bits per heavy atom. The molecule has 0 spiro atoms. The van der Waals surface area contributed by atoms with Crippen molar-refractivity contribution in [1.82, 2.24) is 0 Å². The molecule has 3 N–H and O–H groups in total. The number of hydrogen-bond acceptors (Lipinski definition) is 2. The first-order valence-corrected chi connectivity index (χ1v) is 6.87. The van der Waals surface area contributed by atoms with Gasteiger partial charge in [-0.15, -0.1) is 0 Å². The molecule has 0 fully saturated rings. The van der Waals surface area contributed by atoms with Crippen molar-refractivity contribution in [1.29, 1.82) is 0 Å². The maximum absolute atomic E-state index is 12.0. The van der Waals surface area contributed by atoms with Gasteiger partial charge in [0.15, 0.2) is 0 Å². The molecule has 1 atom stereocenters. The highest BCUT2D eigenvalue weighted by Gasteiger charge is 2.17. The standard InChI is InChI=1S/C15H22N2O/c1-2-4-13(10-16)15(18)17-14-8-7-11-5-3-6-12(11)9-14/h7-9,13H,2-6,10,16H2,1H3,(H,17,18). The molecule has 1 aromatic rings. The monoisotopic (exact) mass is 246 g/mol. The summed E-state index contributed by atoms with van der Waals surface area (Å²) in [4.78, 5) is 12.0. The van der Waals surface area contributed by atoms with Crippen molar-refractivity contribution < 1.29 is 4.79 Å². The van der Waals surface area contributed by atoms with Crippen molar-refractivity contribution in [2.24, 2.45) is 11.7 Å². The SMILES string of the molecule is CCCC(CN)C(=O)Nc1ccc2c(c1)CCC2. The van der Waals surface area contributed by atoms with E-state index in [0.717, 1.165) is 24.9 Å². The van der Waals surface area contributed by atoms with E-state index in [4.69, 9.17) is 5.73 Å². The molecule has 0 heterocycles. The fourth-order valence-electron chi connectivity index (χ4n) is 2.60. The van der Waals surface area contributed by atoms with Gasteiger partial charge in [-0.3, -0.25) is 4.79 Å². The smallest absolute Gasteiger partial charge is 0.228 e. The summed E-state index contributed by atoms with van der Waals surface area (Å²) >= 11 is 0. The minimum absolute atomic E-state index is 0.0531. The fourth-order valence-corrected chi connectivity index (χ4v) is 2.60. The van der Waals surface area contributed by atoms with Crippen molar-refractivity contribution in [2.45, 2.75) is 39.0 Å². The van der Waals surface area contributed by atoms with E-state index in [-0.39, 0.29) is 11.8 Å². The van der Waals surface area contributed by atoms with Gasteiger partial charge in [0.25, 0.3) is 0 Å². The van der Waals surface area contributed by atoms with Crippen LogP contribution >= 0.6 is 0 Å². The van der Waals surface area contributed by atoms with Gasteiger partial charge in [-0.1, -0.05) is 19.4 Å². The highest BCUT2D eigenvalue weighted by atomic mass is 16.1. The lowest BCUT2D eigenvalue weighted by molar-refractivity contribution is -0.119. The molecule has 3 nitrogen and oxygen atoms in total. The van der Waals surface area contributed by atoms with E-state index in [1.165, 1.54) is 24.0 Å². The zero-order valence-corrected chi connectivity index (χ0v) is 11.0. The average molecular weight is 246 g/mol. The Hall–Kier alpha value is -1.35. The molecule has 0 aliphatic heterocycles. The lowest BCUT2D eigenvalue weighted by atomic mass is 10.0. The zero-order valence-electron chi connectivity index (χ0n) is 11.0. The Labute approximate surface area is 109 Å². The van der Waals surface area contributed by atoms with Gasteiger partial charge >= 0.3 is 0 Å². The number of aryl methyl sites for hydroxylation is 2. The van der Waals surface area contributed by atoms with E-state index < -0.39 is 0 Å². The number of fused-ring (bicyclic) bond motifs is 1. The van der Waals surface area contributed by atoms with Gasteiger partial charge in [0.05, 0.1) is 5.92 Å². The predicted octanol–water partition coefficient (Wildman–Crippen LogP) is 2.49. The molecule has 0 radical (unpaired) electrons. The maximum atomic E-state index is 12.0. The van der Waals surface area contributed by atoms with Crippen molar-refractivity contribution in [3.63, 3.8) is 0 Å². The van der Waals surface area contributed by atoms with Crippen LogP contribution in [0.1, 0.15) is 37.3 Å². The lowest BCUT2D eigenvalue weighted by Gasteiger charge is -2.14. The van der Waals surface area contributed by atoms with Crippen LogP contribution < -0.4 is 11.1 Å². The van der Waals surface area contributed by atoms with Gasteiger partial charge in [-0.2, -0.15) is 0 Å². The van der Waals surface area contributed by atoms with Crippen LogP contribution in [0, 0.1) is 5.92 Å². The van der Waals surface area contributed by atoms with Crippen LogP contribution in [0.2, 0.25) is 0 Å². The van der Waals surface area contributed by atoms with Crippen LogP contribution in [-0.2, 0) is 17.6 Å². The second kappa shape index (κ2) is 6.01. The largest absolute Gasteiger partial charge is 0.330 e. The van der Waals surface area contributed by atoms with Crippen molar-refractivity contribution in [3.8, 4) is 0 Å². The predicted molar refractivity (Wildman–Crippen MR) is 74.5 cm³/mol. The minimum Gasteiger partial charge on any atom is -0.330 e. The van der Waals surface area contributed by atoms with E-state index in [2.05, 4.69) is 24.4 Å². The average Bonchev–Trinajstić information content (AvgIpc) is 2.83. The Balaban J connectivity index is 2.02. The lowest BCUT2D eigenvalue weighted by Crippen LogP contribution is -2.29. The third kappa shape index (κ3) is 2.91. The van der Waals surface area contributed by atoms with Gasteiger partial charge in [-0.05, 0) is 48.9 Å². The molecule has 1 amide bonds. The molecule has 1 aromatic carbocycles. The molecule has 0 saturated heterocycles. The number of benzene rings is 1. The van der Waals surface area contributed by atoms with E-state index in [9.17, 15) is 4.79 Å². The van der Waals surface area contributed by atoms with E-state index in [1.807, 2.05) is 6.07 Å². The van der Waals surface area contributed by atoms with Crippen LogP contribution in [0.5, 0.6) is 0 Å². The number of amides is 1. The molecule has 0 saturated carbocycles. The van der Waals surface area contributed by atoms with Crippen LogP contribution in [-0.4, -0.2) is 12.5 Å². The van der Waals surface area contributed by atoms with E-state index in [1.54, 1.807) is 0 Å². The molecule has 98 valence electrons. The quantitative estimate of drug-likeness (QED) is 0.838. The second-order valence-corrected chi connectivity index (χ2v) is 5.05. The molecule has 1 aliphatic rings. The van der Waals surface area contributed by atoms with Crippen molar-refractivity contribution >= 4 is 11.6 Å². The summed E-state index contributed by atoms with van der Waals surface area (Å²) in [6.45, 7) is 2.50. The molecule has 18 heavy (non-hydrogen) atoms. The second-order valence-electron chi connectivity index (χ2n) is 5.05. The number of hydrogen-bond donors (Lipinski definition) is 2. The van der Waals surface area contributed by atoms with Gasteiger partial charge in [0.2, 0.25) is 5.91 Å². The van der Waals surface area contributed by atoms with Crippen molar-refractivity contribution in [3.05, 3.63) is 29.3 Å². The normalized spacial score (nSPS) is 15.2. The summed E-state index contributed by atoms with van der Waals surface area (Å²) in [5.74, 6) is -0.0134. The number of carbonyl (C=O) groups is 1.